The van der Waals surface area contributed by atoms with Crippen molar-refractivity contribution >= 4 is 0 Å². The molecule has 4 aliphatic carbocycles. The molecule has 2 heterocycles. The van der Waals surface area contributed by atoms with E-state index in [-0.39, 0.29) is 72.1 Å². The van der Waals surface area contributed by atoms with Crippen molar-refractivity contribution in [2.24, 2.45) is 46.3 Å². The molecular weight excluding hydrogens is 676 g/mol. The summed E-state index contributed by atoms with van der Waals surface area (Å²) in [4.78, 5) is 0. The lowest BCUT2D eigenvalue weighted by atomic mass is 9.42. The van der Waals surface area contributed by atoms with E-state index in [0.717, 1.165) is 25.7 Å². The lowest BCUT2D eigenvalue weighted by Crippen LogP contribution is -2.68. The molecule has 0 aromatic rings. The molecule has 2 saturated heterocycles. The maximum atomic E-state index is 12.6. The van der Waals surface area contributed by atoms with Crippen LogP contribution in [-0.4, -0.2) is 142 Å². The van der Waals surface area contributed by atoms with Gasteiger partial charge in [0.15, 0.2) is 12.6 Å². The Kier molecular flexibility index (Phi) is 12.5. The number of ether oxygens (including phenoxy) is 6. The van der Waals surface area contributed by atoms with Crippen molar-refractivity contribution in [3.05, 3.63) is 0 Å². The summed E-state index contributed by atoms with van der Waals surface area (Å²) in [5.41, 5.74) is -1.76. The molecule has 0 radical (unpaired) electrons. The molecule has 52 heavy (non-hydrogen) atoms. The quantitative estimate of drug-likeness (QED) is 0.153. The molecule has 0 bridgehead atoms. The van der Waals surface area contributed by atoms with Gasteiger partial charge in [-0.25, -0.2) is 0 Å². The molecule has 6 rings (SSSR count). The van der Waals surface area contributed by atoms with Crippen LogP contribution in [0.4, 0.5) is 0 Å². The molecule has 20 atom stereocenters. The van der Waals surface area contributed by atoms with Crippen LogP contribution in [0.5, 0.6) is 0 Å². The number of aliphatic hydroxyl groups excluding tert-OH is 6. The van der Waals surface area contributed by atoms with Crippen molar-refractivity contribution < 1.29 is 64.2 Å². The Morgan fingerprint density at radius 1 is 0.808 bits per heavy atom. The van der Waals surface area contributed by atoms with Crippen LogP contribution in [0.2, 0.25) is 0 Å². The van der Waals surface area contributed by atoms with E-state index in [1.54, 1.807) is 0 Å². The first-order valence-electron chi connectivity index (χ1n) is 19.9. The first-order chi connectivity index (χ1) is 24.5. The molecule has 0 spiro atoms. The molecule has 4 saturated carbocycles. The lowest BCUT2D eigenvalue weighted by Gasteiger charge is -2.66. The van der Waals surface area contributed by atoms with Crippen LogP contribution in [0.15, 0.2) is 0 Å². The van der Waals surface area contributed by atoms with Gasteiger partial charge in [-0.05, 0) is 91.8 Å². The Hall–Kier alpha value is -0.520. The predicted molar refractivity (Wildman–Crippen MR) is 188 cm³/mol. The zero-order valence-corrected chi connectivity index (χ0v) is 32.3. The van der Waals surface area contributed by atoms with Gasteiger partial charge in [0, 0.05) is 26.6 Å². The fourth-order valence-corrected chi connectivity index (χ4v) is 12.3. The third kappa shape index (κ3) is 7.16. The van der Waals surface area contributed by atoms with E-state index in [9.17, 15) is 35.7 Å². The van der Waals surface area contributed by atoms with Crippen LogP contribution in [0.3, 0.4) is 0 Å². The van der Waals surface area contributed by atoms with Crippen LogP contribution in [0.1, 0.15) is 92.4 Å². The second kappa shape index (κ2) is 15.8. The molecule has 6 fully saturated rings. The number of hydrogen-bond donors (Lipinski definition) is 7. The van der Waals surface area contributed by atoms with Gasteiger partial charge < -0.3 is 64.2 Å². The summed E-state index contributed by atoms with van der Waals surface area (Å²) in [6.45, 7) is 10.7. The average Bonchev–Trinajstić information content (AvgIpc) is 3.53. The Bertz CT molecular complexity index is 1190. The molecular formula is C39H68O13. The van der Waals surface area contributed by atoms with Crippen molar-refractivity contribution in [3.8, 4) is 0 Å². The zero-order valence-electron chi connectivity index (χ0n) is 32.3. The molecule has 13 heteroatoms. The van der Waals surface area contributed by atoms with E-state index in [4.69, 9.17) is 28.4 Å². The van der Waals surface area contributed by atoms with Crippen molar-refractivity contribution in [3.63, 3.8) is 0 Å². The SMILES string of the molecule is COC1COC(OCC2OC(O[C@@H](CC[C@@H](C)[C@H]3C[C@@H](O)C4[C@]5(O)C[C@H](O)C6C[C@@H](O)CC[C@]6(C)C5CC[C@@]43C)C(C)C)C(O)C2O)C(OC)C1O. The minimum Gasteiger partial charge on any atom is -0.393 e. The molecule has 11 unspecified atom stereocenters. The van der Waals surface area contributed by atoms with E-state index >= 15 is 0 Å². The minimum atomic E-state index is -1.29. The van der Waals surface area contributed by atoms with E-state index in [1.807, 2.05) is 0 Å². The van der Waals surface area contributed by atoms with Gasteiger partial charge in [-0.2, -0.15) is 0 Å². The number of hydrogen-bond acceptors (Lipinski definition) is 13. The van der Waals surface area contributed by atoms with Crippen LogP contribution in [0.25, 0.3) is 0 Å². The third-order valence-corrected chi connectivity index (χ3v) is 15.1. The second-order valence-electron chi connectivity index (χ2n) is 18.3. The summed E-state index contributed by atoms with van der Waals surface area (Å²) in [5.74, 6) is 0.0285. The molecule has 6 aliphatic rings. The first kappa shape index (κ1) is 41.1. The van der Waals surface area contributed by atoms with Crippen LogP contribution < -0.4 is 0 Å². The van der Waals surface area contributed by atoms with Crippen molar-refractivity contribution in [1.29, 1.82) is 0 Å². The fourth-order valence-electron chi connectivity index (χ4n) is 12.3. The molecule has 302 valence electrons. The highest BCUT2D eigenvalue weighted by Crippen LogP contribution is 2.69. The smallest absolute Gasteiger partial charge is 0.186 e. The van der Waals surface area contributed by atoms with Crippen molar-refractivity contribution in [1.82, 2.24) is 0 Å². The fraction of sp³-hybridized carbons (Fsp3) is 1.00. The highest BCUT2D eigenvalue weighted by atomic mass is 16.7. The number of aliphatic hydroxyl groups is 7. The molecule has 0 amide bonds. The molecule has 0 aromatic carbocycles. The van der Waals surface area contributed by atoms with Gasteiger partial charge in [0.25, 0.3) is 0 Å². The predicted octanol–water partition coefficient (Wildman–Crippen LogP) is 1.73. The molecule has 0 aromatic heterocycles. The second-order valence-corrected chi connectivity index (χ2v) is 18.3. The van der Waals surface area contributed by atoms with Gasteiger partial charge in [0.1, 0.15) is 36.6 Å². The summed E-state index contributed by atoms with van der Waals surface area (Å²) >= 11 is 0. The maximum Gasteiger partial charge on any atom is 0.186 e. The summed E-state index contributed by atoms with van der Waals surface area (Å²) in [6.07, 6.45) is -3.79. The number of fused-ring (bicyclic) bond motifs is 5. The van der Waals surface area contributed by atoms with Crippen molar-refractivity contribution in [2.45, 2.75) is 172 Å². The largest absolute Gasteiger partial charge is 0.393 e. The molecule has 7 N–H and O–H groups in total. The topological polar surface area (TPSA) is 197 Å². The Balaban J connectivity index is 1.06. The van der Waals surface area contributed by atoms with Gasteiger partial charge in [-0.1, -0.05) is 34.6 Å². The van der Waals surface area contributed by atoms with Crippen LogP contribution >= 0.6 is 0 Å². The van der Waals surface area contributed by atoms with E-state index in [2.05, 4.69) is 34.6 Å². The summed E-state index contributed by atoms with van der Waals surface area (Å²) in [5, 5.41) is 78.6. The van der Waals surface area contributed by atoms with E-state index < -0.39 is 73.1 Å². The van der Waals surface area contributed by atoms with Crippen LogP contribution in [0, 0.1) is 46.3 Å². The monoisotopic (exact) mass is 744 g/mol. The van der Waals surface area contributed by atoms with Gasteiger partial charge in [-0.15, -0.1) is 0 Å². The van der Waals surface area contributed by atoms with Gasteiger partial charge >= 0.3 is 0 Å². The van der Waals surface area contributed by atoms with Gasteiger partial charge in [0.2, 0.25) is 0 Å². The van der Waals surface area contributed by atoms with Crippen molar-refractivity contribution in [2.75, 3.05) is 27.4 Å². The average molecular weight is 745 g/mol. The van der Waals surface area contributed by atoms with E-state index in [1.165, 1.54) is 14.2 Å². The van der Waals surface area contributed by atoms with Gasteiger partial charge in [-0.3, -0.25) is 0 Å². The maximum absolute atomic E-state index is 12.6. The highest BCUT2D eigenvalue weighted by Gasteiger charge is 2.70. The number of methoxy groups -OCH3 is 2. The normalized spacial score (nSPS) is 51.9. The summed E-state index contributed by atoms with van der Waals surface area (Å²) < 4.78 is 34.6. The zero-order chi connectivity index (χ0) is 37.9. The Morgan fingerprint density at radius 2 is 1.52 bits per heavy atom. The number of rotatable bonds is 12. The molecule has 2 aliphatic heterocycles. The van der Waals surface area contributed by atoms with Crippen LogP contribution in [-0.2, 0) is 28.4 Å². The molecule has 13 nitrogen and oxygen atoms in total. The first-order valence-corrected chi connectivity index (χ1v) is 19.9. The Labute approximate surface area is 309 Å². The standard InChI is InChI=1S/C39H68O13/c1-19(2)26(51-35-32(45)30(43)28(52-35)18-50-36-33(48-7)31(44)27(47-6)17-49-36)9-8-20(3)22-15-24(41)34-38(22,5)13-11-29-37(4)12-10-21(40)14-23(37)25(42)16-39(29,34)46/h19-36,40-46H,8-18H2,1-7H3/t20-,21+,22-,23?,24-,25+,26+,27?,28?,29?,30?,31?,32?,33?,34?,35?,36?,37+,38-,39+/m1/s1. The Morgan fingerprint density at radius 3 is 2.19 bits per heavy atom. The lowest BCUT2D eigenvalue weighted by molar-refractivity contribution is -0.287. The van der Waals surface area contributed by atoms with E-state index in [0.29, 0.717) is 25.7 Å². The van der Waals surface area contributed by atoms with Gasteiger partial charge in [0.05, 0.1) is 43.2 Å². The summed E-state index contributed by atoms with van der Waals surface area (Å²) in [7, 11) is 2.92. The highest BCUT2D eigenvalue weighted by molar-refractivity contribution is 5.20. The summed E-state index contributed by atoms with van der Waals surface area (Å²) in [6, 6.07) is 0. The minimum absolute atomic E-state index is 0.0324. The third-order valence-electron chi connectivity index (χ3n) is 15.1.